The number of sulfone groups is 1. The predicted octanol–water partition coefficient (Wildman–Crippen LogP) is 0.829. The van der Waals surface area contributed by atoms with E-state index in [-0.39, 0.29) is 17.4 Å². The molecular formula is C12H17NO3S. The Hall–Kier alpha value is -1.07. The van der Waals surface area contributed by atoms with E-state index in [9.17, 15) is 8.42 Å². The summed E-state index contributed by atoms with van der Waals surface area (Å²) in [4.78, 5) is 0. The second kappa shape index (κ2) is 5.06. The van der Waals surface area contributed by atoms with Gasteiger partial charge in [-0.1, -0.05) is 12.1 Å². The van der Waals surface area contributed by atoms with Gasteiger partial charge < -0.3 is 10.1 Å². The Morgan fingerprint density at radius 2 is 2.18 bits per heavy atom. The highest BCUT2D eigenvalue weighted by Gasteiger charge is 2.24. The summed E-state index contributed by atoms with van der Waals surface area (Å²) in [6.45, 7) is 1.63. The van der Waals surface area contributed by atoms with E-state index in [0.29, 0.717) is 5.75 Å². The summed E-state index contributed by atoms with van der Waals surface area (Å²) in [6.07, 6.45) is 0. The molecule has 1 aliphatic rings. The number of nitrogens with one attached hydrogen (secondary N) is 1. The van der Waals surface area contributed by atoms with Crippen LogP contribution in [0, 0.1) is 5.92 Å². The Labute approximate surface area is 102 Å². The van der Waals surface area contributed by atoms with E-state index in [2.05, 4.69) is 5.32 Å². The molecule has 0 aliphatic carbocycles. The average molecular weight is 255 g/mol. The molecule has 0 aromatic heterocycles. The molecule has 1 aromatic rings. The van der Waals surface area contributed by atoms with Crippen molar-refractivity contribution in [3.05, 3.63) is 29.8 Å². The van der Waals surface area contributed by atoms with E-state index in [1.165, 1.54) is 0 Å². The minimum absolute atomic E-state index is 0.0979. The molecule has 17 heavy (non-hydrogen) atoms. The van der Waals surface area contributed by atoms with Gasteiger partial charge in [-0.25, -0.2) is 8.42 Å². The van der Waals surface area contributed by atoms with Crippen LogP contribution >= 0.6 is 0 Å². The Balaban J connectivity index is 2.02. The standard InChI is InChI=1S/C12H17NO3S/c1-16-12-4-2-3-10(5-12)8-17(14,15)9-11-6-13-7-11/h2-5,11,13H,6-9H2,1H3. The van der Waals surface area contributed by atoms with E-state index in [1.54, 1.807) is 13.2 Å². The SMILES string of the molecule is COc1cccc(CS(=O)(=O)CC2CNC2)c1. The third kappa shape index (κ3) is 3.44. The van der Waals surface area contributed by atoms with Crippen molar-refractivity contribution in [1.29, 1.82) is 0 Å². The molecule has 0 amide bonds. The van der Waals surface area contributed by atoms with Gasteiger partial charge in [-0.05, 0) is 23.6 Å². The van der Waals surface area contributed by atoms with Crippen LogP contribution in [0.1, 0.15) is 5.56 Å². The Morgan fingerprint density at radius 1 is 1.41 bits per heavy atom. The molecule has 0 radical (unpaired) electrons. The Kier molecular flexibility index (Phi) is 3.69. The van der Waals surface area contributed by atoms with Crippen molar-refractivity contribution >= 4 is 9.84 Å². The summed E-state index contributed by atoms with van der Waals surface area (Å²) in [5.74, 6) is 1.35. The smallest absolute Gasteiger partial charge is 0.154 e. The third-order valence-electron chi connectivity index (χ3n) is 2.88. The van der Waals surface area contributed by atoms with Crippen LogP contribution in [0.25, 0.3) is 0 Å². The zero-order valence-corrected chi connectivity index (χ0v) is 10.7. The predicted molar refractivity (Wildman–Crippen MR) is 66.8 cm³/mol. The van der Waals surface area contributed by atoms with E-state index < -0.39 is 9.84 Å². The van der Waals surface area contributed by atoms with Gasteiger partial charge in [0.05, 0.1) is 18.6 Å². The van der Waals surface area contributed by atoms with Gasteiger partial charge in [0.15, 0.2) is 9.84 Å². The highest BCUT2D eigenvalue weighted by atomic mass is 32.2. The molecule has 1 heterocycles. The van der Waals surface area contributed by atoms with Gasteiger partial charge in [-0.15, -0.1) is 0 Å². The molecular weight excluding hydrogens is 238 g/mol. The minimum atomic E-state index is -3.02. The number of ether oxygens (including phenoxy) is 1. The average Bonchev–Trinajstić information content (AvgIpc) is 2.23. The molecule has 1 fully saturated rings. The molecule has 4 nitrogen and oxygen atoms in total. The van der Waals surface area contributed by atoms with Crippen LogP contribution in [0.2, 0.25) is 0 Å². The lowest BCUT2D eigenvalue weighted by Crippen LogP contribution is -2.45. The second-order valence-electron chi connectivity index (χ2n) is 4.43. The number of methoxy groups -OCH3 is 1. The minimum Gasteiger partial charge on any atom is -0.497 e. The highest BCUT2D eigenvalue weighted by molar-refractivity contribution is 7.90. The fourth-order valence-corrected chi connectivity index (χ4v) is 3.66. The van der Waals surface area contributed by atoms with Crippen molar-refractivity contribution in [3.63, 3.8) is 0 Å². The van der Waals surface area contributed by atoms with Crippen molar-refractivity contribution < 1.29 is 13.2 Å². The summed E-state index contributed by atoms with van der Waals surface area (Å²) in [5, 5.41) is 3.08. The zero-order chi connectivity index (χ0) is 12.3. The fraction of sp³-hybridized carbons (Fsp3) is 0.500. The van der Waals surface area contributed by atoms with Crippen LogP contribution in [0.15, 0.2) is 24.3 Å². The molecule has 0 saturated carbocycles. The molecule has 0 atom stereocenters. The molecule has 1 aliphatic heterocycles. The summed E-state index contributed by atoms with van der Waals surface area (Å²) in [7, 11) is -1.44. The van der Waals surface area contributed by atoms with E-state index in [4.69, 9.17) is 4.74 Å². The van der Waals surface area contributed by atoms with Crippen molar-refractivity contribution in [2.75, 3.05) is 26.0 Å². The van der Waals surface area contributed by atoms with E-state index in [0.717, 1.165) is 18.7 Å². The summed E-state index contributed by atoms with van der Waals surface area (Å²) < 4.78 is 28.9. The first-order valence-electron chi connectivity index (χ1n) is 5.63. The molecule has 1 N–H and O–H groups in total. The third-order valence-corrected chi connectivity index (χ3v) is 4.63. The maximum atomic E-state index is 11.9. The number of benzene rings is 1. The highest BCUT2D eigenvalue weighted by Crippen LogP contribution is 2.17. The Morgan fingerprint density at radius 3 is 2.76 bits per heavy atom. The molecule has 94 valence electrons. The van der Waals surface area contributed by atoms with Gasteiger partial charge in [0.2, 0.25) is 0 Å². The van der Waals surface area contributed by atoms with Gasteiger partial charge in [-0.2, -0.15) is 0 Å². The van der Waals surface area contributed by atoms with Gasteiger partial charge >= 0.3 is 0 Å². The lowest BCUT2D eigenvalue weighted by molar-refractivity contribution is 0.378. The molecule has 2 rings (SSSR count). The molecule has 0 bridgehead atoms. The van der Waals surface area contributed by atoms with Crippen molar-refractivity contribution in [3.8, 4) is 5.75 Å². The monoisotopic (exact) mass is 255 g/mol. The maximum absolute atomic E-state index is 11.9. The first-order valence-corrected chi connectivity index (χ1v) is 7.45. The summed E-state index contributed by atoms with van der Waals surface area (Å²) >= 11 is 0. The van der Waals surface area contributed by atoms with Gasteiger partial charge in [-0.3, -0.25) is 0 Å². The zero-order valence-electron chi connectivity index (χ0n) is 9.85. The van der Waals surface area contributed by atoms with E-state index in [1.807, 2.05) is 18.2 Å². The summed E-state index contributed by atoms with van der Waals surface area (Å²) in [5.41, 5.74) is 0.789. The van der Waals surface area contributed by atoms with Crippen LogP contribution < -0.4 is 10.1 Å². The lowest BCUT2D eigenvalue weighted by atomic mass is 10.1. The van der Waals surface area contributed by atoms with E-state index >= 15 is 0 Å². The fourth-order valence-electron chi connectivity index (χ4n) is 1.90. The van der Waals surface area contributed by atoms with Crippen LogP contribution in [0.4, 0.5) is 0 Å². The van der Waals surface area contributed by atoms with Gasteiger partial charge in [0, 0.05) is 13.1 Å². The largest absolute Gasteiger partial charge is 0.497 e. The van der Waals surface area contributed by atoms with Crippen molar-refractivity contribution in [2.45, 2.75) is 5.75 Å². The summed E-state index contributed by atoms with van der Waals surface area (Å²) in [6, 6.07) is 7.22. The maximum Gasteiger partial charge on any atom is 0.154 e. The number of hydrogen-bond acceptors (Lipinski definition) is 4. The van der Waals surface area contributed by atoms with Crippen LogP contribution in [-0.2, 0) is 15.6 Å². The van der Waals surface area contributed by atoms with Crippen molar-refractivity contribution in [2.24, 2.45) is 5.92 Å². The molecule has 0 unspecified atom stereocenters. The molecule has 0 spiro atoms. The first kappa shape index (κ1) is 12.4. The lowest BCUT2D eigenvalue weighted by Gasteiger charge is -2.26. The number of rotatable bonds is 5. The van der Waals surface area contributed by atoms with Crippen LogP contribution in [0.3, 0.4) is 0 Å². The van der Waals surface area contributed by atoms with Gasteiger partial charge in [0.1, 0.15) is 5.75 Å². The molecule has 1 saturated heterocycles. The topological polar surface area (TPSA) is 55.4 Å². The quantitative estimate of drug-likeness (QED) is 0.846. The molecule has 5 heteroatoms. The van der Waals surface area contributed by atoms with Crippen LogP contribution in [0.5, 0.6) is 5.75 Å². The first-order chi connectivity index (χ1) is 8.09. The molecule has 1 aromatic carbocycles. The van der Waals surface area contributed by atoms with Crippen molar-refractivity contribution in [1.82, 2.24) is 5.32 Å². The normalized spacial score (nSPS) is 16.5. The number of hydrogen-bond donors (Lipinski definition) is 1. The van der Waals surface area contributed by atoms with Crippen LogP contribution in [-0.4, -0.2) is 34.4 Å². The second-order valence-corrected chi connectivity index (χ2v) is 6.54. The Bertz CT molecular complexity index is 480. The van der Waals surface area contributed by atoms with Gasteiger partial charge in [0.25, 0.3) is 0 Å².